The van der Waals surface area contributed by atoms with Crippen LogP contribution in [0.2, 0.25) is 5.02 Å². The maximum Gasteiger partial charge on any atom is 0.125 e. The van der Waals surface area contributed by atoms with E-state index >= 15 is 0 Å². The van der Waals surface area contributed by atoms with E-state index in [1.54, 1.807) is 11.3 Å². The minimum atomic E-state index is 0.299. The van der Waals surface area contributed by atoms with Crippen LogP contribution in [0.5, 0.6) is 5.75 Å². The second-order valence-corrected chi connectivity index (χ2v) is 6.39. The molecule has 20 heavy (non-hydrogen) atoms. The summed E-state index contributed by atoms with van der Waals surface area (Å²) >= 11 is 7.99. The maximum absolute atomic E-state index is 6.24. The molecule has 0 aliphatic carbocycles. The summed E-state index contributed by atoms with van der Waals surface area (Å²) in [5, 5.41) is 8.64. The van der Waals surface area contributed by atoms with E-state index in [-0.39, 0.29) is 0 Å². The number of thiophene rings is 1. The van der Waals surface area contributed by atoms with Gasteiger partial charge in [-0.25, -0.2) is 0 Å². The highest BCUT2D eigenvalue weighted by molar-refractivity contribution is 7.08. The summed E-state index contributed by atoms with van der Waals surface area (Å²) in [5.74, 6) is 1.04. The monoisotopic (exact) mass is 307 g/mol. The minimum absolute atomic E-state index is 0.299. The van der Waals surface area contributed by atoms with Crippen molar-refractivity contribution < 1.29 is 4.74 Å². The van der Waals surface area contributed by atoms with E-state index in [4.69, 9.17) is 16.3 Å². The topological polar surface area (TPSA) is 21.3 Å². The maximum atomic E-state index is 6.24. The van der Waals surface area contributed by atoms with E-state index in [0.29, 0.717) is 6.04 Å². The van der Waals surface area contributed by atoms with Crippen molar-refractivity contribution in [1.82, 2.24) is 5.32 Å². The van der Waals surface area contributed by atoms with Crippen LogP contribution in [0.15, 0.2) is 22.9 Å². The Kier molecular flexibility index (Phi) is 4.01. The zero-order valence-corrected chi connectivity index (χ0v) is 13.3. The fraction of sp³-hybridized carbons (Fsp3) is 0.375. The minimum Gasteiger partial charge on any atom is -0.493 e. The number of benzene rings is 1. The molecule has 1 aliphatic heterocycles. The lowest BCUT2D eigenvalue weighted by Crippen LogP contribution is -2.19. The number of hydrogen-bond acceptors (Lipinski definition) is 3. The van der Waals surface area contributed by atoms with Crippen molar-refractivity contribution in [3.8, 4) is 5.75 Å². The Morgan fingerprint density at radius 3 is 2.95 bits per heavy atom. The van der Waals surface area contributed by atoms with Crippen molar-refractivity contribution in [3.05, 3.63) is 50.2 Å². The summed E-state index contributed by atoms with van der Waals surface area (Å²) in [4.78, 5) is 0. The SMILES string of the molecule is CNC(Cc1cc(Cl)cc2c1OCC2)c1cscc1C. The van der Waals surface area contributed by atoms with Crippen LogP contribution in [0.1, 0.15) is 28.3 Å². The molecule has 1 atom stereocenters. The largest absolute Gasteiger partial charge is 0.493 e. The van der Waals surface area contributed by atoms with Crippen molar-refractivity contribution >= 4 is 22.9 Å². The first-order valence-electron chi connectivity index (χ1n) is 6.83. The number of ether oxygens (including phenoxy) is 1. The molecule has 1 N–H and O–H groups in total. The molecular formula is C16H18ClNOS. The Balaban J connectivity index is 1.92. The number of aryl methyl sites for hydroxylation is 1. The van der Waals surface area contributed by atoms with Gasteiger partial charge in [0.05, 0.1) is 6.61 Å². The van der Waals surface area contributed by atoms with Gasteiger partial charge in [0.2, 0.25) is 0 Å². The highest BCUT2D eigenvalue weighted by Gasteiger charge is 2.21. The Hall–Kier alpha value is -1.03. The molecule has 0 saturated carbocycles. The fourth-order valence-corrected chi connectivity index (χ4v) is 3.98. The summed E-state index contributed by atoms with van der Waals surface area (Å²) < 4.78 is 5.79. The van der Waals surface area contributed by atoms with Crippen LogP contribution in [-0.2, 0) is 12.8 Å². The predicted molar refractivity (Wildman–Crippen MR) is 85.2 cm³/mol. The van der Waals surface area contributed by atoms with Gasteiger partial charge in [-0.1, -0.05) is 11.6 Å². The molecule has 2 nitrogen and oxygen atoms in total. The van der Waals surface area contributed by atoms with Gasteiger partial charge in [-0.15, -0.1) is 0 Å². The quantitative estimate of drug-likeness (QED) is 0.916. The lowest BCUT2D eigenvalue weighted by atomic mass is 9.96. The molecule has 0 bridgehead atoms. The molecule has 1 unspecified atom stereocenters. The zero-order chi connectivity index (χ0) is 14.1. The van der Waals surface area contributed by atoms with Gasteiger partial charge in [0, 0.05) is 17.5 Å². The first kappa shape index (κ1) is 13.9. The van der Waals surface area contributed by atoms with Crippen molar-refractivity contribution in [3.63, 3.8) is 0 Å². The summed E-state index contributed by atoms with van der Waals surface area (Å²) in [6.07, 6.45) is 1.86. The van der Waals surface area contributed by atoms with Gasteiger partial charge in [-0.3, -0.25) is 0 Å². The molecule has 0 amide bonds. The van der Waals surface area contributed by atoms with Gasteiger partial charge in [-0.05, 0) is 65.5 Å². The molecular weight excluding hydrogens is 290 g/mol. The van der Waals surface area contributed by atoms with Crippen LogP contribution in [0.4, 0.5) is 0 Å². The van der Waals surface area contributed by atoms with Gasteiger partial charge >= 0.3 is 0 Å². The third-order valence-corrected chi connectivity index (χ3v) is 4.97. The molecule has 0 radical (unpaired) electrons. The van der Waals surface area contributed by atoms with E-state index in [1.807, 2.05) is 19.2 Å². The van der Waals surface area contributed by atoms with Crippen LogP contribution >= 0.6 is 22.9 Å². The lowest BCUT2D eigenvalue weighted by Gasteiger charge is -2.18. The number of likely N-dealkylation sites (N-methyl/N-ethyl adjacent to an activating group) is 1. The highest BCUT2D eigenvalue weighted by atomic mass is 35.5. The molecule has 3 rings (SSSR count). The van der Waals surface area contributed by atoms with Crippen LogP contribution < -0.4 is 10.1 Å². The van der Waals surface area contributed by atoms with E-state index in [2.05, 4.69) is 23.0 Å². The van der Waals surface area contributed by atoms with E-state index in [1.165, 1.54) is 22.3 Å². The number of nitrogens with one attached hydrogen (secondary N) is 1. The average Bonchev–Trinajstić information content (AvgIpc) is 3.04. The first-order valence-corrected chi connectivity index (χ1v) is 8.15. The Morgan fingerprint density at radius 1 is 1.40 bits per heavy atom. The smallest absolute Gasteiger partial charge is 0.125 e. The third kappa shape index (κ3) is 2.58. The lowest BCUT2D eigenvalue weighted by molar-refractivity contribution is 0.352. The molecule has 1 aromatic carbocycles. The van der Waals surface area contributed by atoms with E-state index in [0.717, 1.165) is 30.2 Å². The average molecular weight is 308 g/mol. The van der Waals surface area contributed by atoms with Crippen molar-refractivity contribution in [2.75, 3.05) is 13.7 Å². The number of hydrogen-bond donors (Lipinski definition) is 1. The standard InChI is InChI=1S/C16H18ClNOS/c1-10-8-20-9-14(10)15(18-2)7-12-6-13(17)5-11-3-4-19-16(11)12/h5-6,8-9,15,18H,3-4,7H2,1-2H3. The third-order valence-electron chi connectivity index (χ3n) is 3.87. The van der Waals surface area contributed by atoms with E-state index in [9.17, 15) is 0 Å². The molecule has 4 heteroatoms. The molecule has 106 valence electrons. The molecule has 0 spiro atoms. The van der Waals surface area contributed by atoms with Crippen LogP contribution in [-0.4, -0.2) is 13.7 Å². The normalized spacial score (nSPS) is 14.9. The molecule has 0 saturated heterocycles. The second kappa shape index (κ2) is 5.76. The summed E-state index contributed by atoms with van der Waals surface area (Å²) in [7, 11) is 2.01. The summed E-state index contributed by atoms with van der Waals surface area (Å²) in [6, 6.07) is 4.36. The first-order chi connectivity index (χ1) is 9.69. The number of halogens is 1. The zero-order valence-electron chi connectivity index (χ0n) is 11.7. The van der Waals surface area contributed by atoms with Gasteiger partial charge < -0.3 is 10.1 Å². The summed E-state index contributed by atoms with van der Waals surface area (Å²) in [5.41, 5.74) is 5.15. The Morgan fingerprint density at radius 2 is 2.25 bits per heavy atom. The molecule has 0 fully saturated rings. The summed E-state index contributed by atoms with van der Waals surface area (Å²) in [6.45, 7) is 2.93. The van der Waals surface area contributed by atoms with Gasteiger partial charge in [-0.2, -0.15) is 11.3 Å². The van der Waals surface area contributed by atoms with Crippen molar-refractivity contribution in [2.24, 2.45) is 0 Å². The van der Waals surface area contributed by atoms with E-state index < -0.39 is 0 Å². The van der Waals surface area contributed by atoms with Crippen LogP contribution in [0.25, 0.3) is 0 Å². The van der Waals surface area contributed by atoms with Crippen molar-refractivity contribution in [2.45, 2.75) is 25.8 Å². The van der Waals surface area contributed by atoms with Crippen LogP contribution in [0, 0.1) is 6.92 Å². The van der Waals surface area contributed by atoms with Gasteiger partial charge in [0.1, 0.15) is 5.75 Å². The number of fused-ring (bicyclic) bond motifs is 1. The van der Waals surface area contributed by atoms with Crippen molar-refractivity contribution in [1.29, 1.82) is 0 Å². The molecule has 2 aromatic rings. The van der Waals surface area contributed by atoms with Gasteiger partial charge in [0.15, 0.2) is 0 Å². The van der Waals surface area contributed by atoms with Crippen LogP contribution in [0.3, 0.4) is 0 Å². The molecule has 2 heterocycles. The molecule has 1 aromatic heterocycles. The number of rotatable bonds is 4. The van der Waals surface area contributed by atoms with Gasteiger partial charge in [0.25, 0.3) is 0 Å². The second-order valence-electron chi connectivity index (χ2n) is 5.21. The molecule has 1 aliphatic rings. The highest BCUT2D eigenvalue weighted by Crippen LogP contribution is 2.36. The fourth-order valence-electron chi connectivity index (χ4n) is 2.81. The predicted octanol–water partition coefficient (Wildman–Crippen LogP) is 4.15. The Labute approximate surface area is 128 Å². The Bertz CT molecular complexity index is 623.